The van der Waals surface area contributed by atoms with Crippen LogP contribution in [0.3, 0.4) is 0 Å². The number of carbonyl (C=O) groups is 2. The largest absolute Gasteiger partial charge is 0.274 e. The Morgan fingerprint density at radius 1 is 0.897 bits per heavy atom. The van der Waals surface area contributed by atoms with Crippen LogP contribution in [0.25, 0.3) is 5.57 Å². The van der Waals surface area contributed by atoms with Gasteiger partial charge in [-0.15, -0.1) is 0 Å². The molecular formula is C26H21NO2. The predicted molar refractivity (Wildman–Crippen MR) is 113 cm³/mol. The fraction of sp³-hybridized carbons (Fsp3) is 0.154. The smallest absolute Gasteiger partial charge is 0.258 e. The molecule has 0 bridgehead atoms. The summed E-state index contributed by atoms with van der Waals surface area (Å²) in [4.78, 5) is 28.2. The molecule has 3 aromatic carbocycles. The van der Waals surface area contributed by atoms with Crippen molar-refractivity contribution in [1.29, 1.82) is 0 Å². The molecule has 0 N–H and O–H groups in total. The van der Waals surface area contributed by atoms with E-state index in [9.17, 15) is 9.59 Å². The molecule has 1 saturated heterocycles. The summed E-state index contributed by atoms with van der Waals surface area (Å²) in [6.45, 7) is 2.37. The van der Waals surface area contributed by atoms with Crippen LogP contribution >= 0.6 is 0 Å². The molecule has 3 heteroatoms. The topological polar surface area (TPSA) is 37.4 Å². The summed E-state index contributed by atoms with van der Waals surface area (Å²) in [5, 5.41) is 0. The molecule has 142 valence electrons. The zero-order chi connectivity index (χ0) is 20.0. The van der Waals surface area contributed by atoms with Crippen LogP contribution in [0.15, 0.2) is 84.4 Å². The molecule has 1 fully saturated rings. The van der Waals surface area contributed by atoms with Gasteiger partial charge in [-0.05, 0) is 41.2 Å². The van der Waals surface area contributed by atoms with Crippen molar-refractivity contribution in [3.63, 3.8) is 0 Å². The van der Waals surface area contributed by atoms with E-state index in [4.69, 9.17) is 0 Å². The molecule has 5 rings (SSSR count). The first-order valence-corrected chi connectivity index (χ1v) is 9.92. The number of benzene rings is 3. The lowest BCUT2D eigenvalue weighted by Crippen LogP contribution is -2.30. The first-order chi connectivity index (χ1) is 14.1. The second-order valence-electron chi connectivity index (χ2n) is 7.79. The Hall–Kier alpha value is -3.46. The van der Waals surface area contributed by atoms with E-state index in [0.29, 0.717) is 18.5 Å². The van der Waals surface area contributed by atoms with E-state index in [0.717, 1.165) is 33.4 Å². The molecule has 0 aromatic heterocycles. The number of fused-ring (bicyclic) bond motifs is 2. The van der Waals surface area contributed by atoms with Crippen LogP contribution < -0.4 is 0 Å². The van der Waals surface area contributed by atoms with Crippen LogP contribution in [-0.4, -0.2) is 16.7 Å². The van der Waals surface area contributed by atoms with Gasteiger partial charge in [0.1, 0.15) is 0 Å². The zero-order valence-electron chi connectivity index (χ0n) is 16.3. The standard InChI is InChI=1S/C26H21NO2/c1-17-12-13-20-15-22-24(23(21(20)14-17)19-10-6-3-7-11-19)26(29)27(25(22)28)16-18-8-4-2-5-9-18/h2-14,22H,15-16H2,1H3. The zero-order valence-corrected chi connectivity index (χ0v) is 16.3. The minimum Gasteiger partial charge on any atom is -0.274 e. The minimum absolute atomic E-state index is 0.0893. The van der Waals surface area contributed by atoms with Crippen molar-refractivity contribution in [2.45, 2.75) is 19.9 Å². The normalized spacial score (nSPS) is 18.1. The Bertz CT molecular complexity index is 1150. The number of rotatable bonds is 3. The van der Waals surface area contributed by atoms with Gasteiger partial charge in [0.05, 0.1) is 12.5 Å². The molecule has 2 amide bonds. The van der Waals surface area contributed by atoms with Gasteiger partial charge in [0, 0.05) is 5.57 Å². The van der Waals surface area contributed by atoms with Crippen LogP contribution in [0.2, 0.25) is 0 Å². The Morgan fingerprint density at radius 3 is 2.31 bits per heavy atom. The summed E-state index contributed by atoms with van der Waals surface area (Å²) in [7, 11) is 0. The molecule has 1 heterocycles. The Labute approximate surface area is 170 Å². The van der Waals surface area contributed by atoms with Gasteiger partial charge in [-0.3, -0.25) is 14.5 Å². The summed E-state index contributed by atoms with van der Waals surface area (Å²) >= 11 is 0. The van der Waals surface area contributed by atoms with Gasteiger partial charge in [0.2, 0.25) is 5.91 Å². The van der Waals surface area contributed by atoms with Crippen LogP contribution in [0.5, 0.6) is 0 Å². The lowest BCUT2D eigenvalue weighted by molar-refractivity contribution is -0.139. The van der Waals surface area contributed by atoms with Crippen LogP contribution in [0.4, 0.5) is 0 Å². The second kappa shape index (κ2) is 6.85. The van der Waals surface area contributed by atoms with Gasteiger partial charge in [0.25, 0.3) is 5.91 Å². The maximum Gasteiger partial charge on any atom is 0.258 e. The molecule has 1 atom stereocenters. The highest BCUT2D eigenvalue weighted by Crippen LogP contribution is 2.44. The van der Waals surface area contributed by atoms with Gasteiger partial charge in [-0.25, -0.2) is 0 Å². The van der Waals surface area contributed by atoms with Gasteiger partial charge < -0.3 is 0 Å². The van der Waals surface area contributed by atoms with Crippen molar-refractivity contribution in [3.05, 3.63) is 112 Å². The molecule has 1 aliphatic carbocycles. The van der Waals surface area contributed by atoms with E-state index < -0.39 is 5.92 Å². The van der Waals surface area contributed by atoms with Gasteiger partial charge in [0.15, 0.2) is 0 Å². The van der Waals surface area contributed by atoms with Crippen molar-refractivity contribution in [3.8, 4) is 0 Å². The minimum atomic E-state index is -0.406. The van der Waals surface area contributed by atoms with Gasteiger partial charge in [-0.2, -0.15) is 0 Å². The van der Waals surface area contributed by atoms with Crippen molar-refractivity contribution in [1.82, 2.24) is 4.90 Å². The summed E-state index contributed by atoms with van der Waals surface area (Å²) in [5.74, 6) is -0.653. The van der Waals surface area contributed by atoms with Crippen molar-refractivity contribution < 1.29 is 9.59 Å². The van der Waals surface area contributed by atoms with E-state index in [1.54, 1.807) is 0 Å². The first kappa shape index (κ1) is 17.6. The number of hydrogen-bond acceptors (Lipinski definition) is 2. The average molecular weight is 379 g/mol. The lowest BCUT2D eigenvalue weighted by atomic mass is 9.77. The molecule has 2 aliphatic rings. The SMILES string of the molecule is Cc1ccc2c(c1)C(c1ccccc1)=C1C(=O)N(Cc3ccccc3)C(=O)C1C2. The molecule has 1 aliphatic heterocycles. The average Bonchev–Trinajstić information content (AvgIpc) is 2.98. The molecule has 3 aromatic rings. The number of likely N-dealkylation sites (tertiary alicyclic amines) is 1. The molecule has 3 nitrogen and oxygen atoms in total. The van der Waals surface area contributed by atoms with E-state index in [-0.39, 0.29) is 11.8 Å². The Kier molecular flexibility index (Phi) is 4.17. The Balaban J connectivity index is 1.68. The monoisotopic (exact) mass is 379 g/mol. The highest BCUT2D eigenvalue weighted by Gasteiger charge is 2.47. The van der Waals surface area contributed by atoms with Crippen LogP contribution in [-0.2, 0) is 22.6 Å². The molecule has 0 radical (unpaired) electrons. The lowest BCUT2D eigenvalue weighted by Gasteiger charge is -2.24. The van der Waals surface area contributed by atoms with E-state index >= 15 is 0 Å². The highest BCUT2D eigenvalue weighted by molar-refractivity contribution is 6.20. The molecule has 0 spiro atoms. The fourth-order valence-corrected chi connectivity index (χ4v) is 4.47. The maximum atomic E-state index is 13.5. The van der Waals surface area contributed by atoms with Crippen molar-refractivity contribution >= 4 is 17.4 Å². The van der Waals surface area contributed by atoms with E-state index in [2.05, 4.69) is 25.1 Å². The fourth-order valence-electron chi connectivity index (χ4n) is 4.47. The summed E-state index contributed by atoms with van der Waals surface area (Å²) in [6.07, 6.45) is 0.580. The highest BCUT2D eigenvalue weighted by atomic mass is 16.2. The molecule has 0 saturated carbocycles. The number of imide groups is 1. The third-order valence-corrected chi connectivity index (χ3v) is 5.86. The summed E-state index contributed by atoms with van der Waals surface area (Å²) in [6, 6.07) is 26.0. The Morgan fingerprint density at radius 2 is 1.59 bits per heavy atom. The third-order valence-electron chi connectivity index (χ3n) is 5.86. The van der Waals surface area contributed by atoms with E-state index in [1.165, 1.54) is 4.90 Å². The maximum absolute atomic E-state index is 13.5. The van der Waals surface area contributed by atoms with Crippen molar-refractivity contribution in [2.24, 2.45) is 5.92 Å². The second-order valence-corrected chi connectivity index (χ2v) is 7.79. The van der Waals surface area contributed by atoms with Crippen LogP contribution in [0, 0.1) is 12.8 Å². The summed E-state index contributed by atoms with van der Waals surface area (Å²) in [5.41, 5.74) is 6.86. The van der Waals surface area contributed by atoms with Crippen LogP contribution in [0.1, 0.15) is 27.8 Å². The first-order valence-electron chi connectivity index (χ1n) is 9.92. The van der Waals surface area contributed by atoms with Gasteiger partial charge in [-0.1, -0.05) is 84.4 Å². The van der Waals surface area contributed by atoms with Gasteiger partial charge >= 0.3 is 0 Å². The number of nitrogens with zero attached hydrogens (tertiary/aromatic N) is 1. The third kappa shape index (κ3) is 2.90. The van der Waals surface area contributed by atoms with Crippen molar-refractivity contribution in [2.75, 3.05) is 0 Å². The number of aryl methyl sites for hydroxylation is 1. The summed E-state index contributed by atoms with van der Waals surface area (Å²) < 4.78 is 0. The van der Waals surface area contributed by atoms with E-state index in [1.807, 2.05) is 60.7 Å². The number of carbonyl (C=O) groups excluding carboxylic acids is 2. The molecular weight excluding hydrogens is 358 g/mol. The molecule has 29 heavy (non-hydrogen) atoms. The number of amides is 2. The number of hydrogen-bond donors (Lipinski definition) is 0. The predicted octanol–water partition coefficient (Wildman–Crippen LogP) is 4.54. The molecule has 1 unspecified atom stereocenters. The quantitative estimate of drug-likeness (QED) is 0.627.